The molecule has 0 unspecified atom stereocenters. The summed E-state index contributed by atoms with van der Waals surface area (Å²) in [4.78, 5) is 16.1. The van der Waals surface area contributed by atoms with Crippen molar-refractivity contribution in [2.24, 2.45) is 0 Å². The van der Waals surface area contributed by atoms with Gasteiger partial charge in [-0.3, -0.25) is 9.78 Å². The Hall–Kier alpha value is -1.58. The molecule has 2 rings (SSSR count). The standard InChI is InChI=1S/C16H16Cl2N2O/c1-11-5-6-12(10-20-11)7-8-19-16(21)9-13-14(17)3-2-4-15(13)18/h2-6,10H,7-9H2,1H3,(H,19,21). The molecule has 0 aliphatic heterocycles. The Morgan fingerprint density at radius 1 is 1.19 bits per heavy atom. The summed E-state index contributed by atoms with van der Waals surface area (Å²) in [6.45, 7) is 2.50. The molecule has 0 aliphatic carbocycles. The largest absolute Gasteiger partial charge is 0.355 e. The van der Waals surface area contributed by atoms with E-state index in [2.05, 4.69) is 10.3 Å². The van der Waals surface area contributed by atoms with Gasteiger partial charge < -0.3 is 5.32 Å². The van der Waals surface area contributed by atoms with E-state index in [9.17, 15) is 4.79 Å². The van der Waals surface area contributed by atoms with E-state index < -0.39 is 0 Å². The maximum atomic E-state index is 11.9. The molecule has 110 valence electrons. The van der Waals surface area contributed by atoms with Crippen molar-refractivity contribution < 1.29 is 4.79 Å². The number of benzene rings is 1. The van der Waals surface area contributed by atoms with Crippen molar-refractivity contribution in [3.63, 3.8) is 0 Å². The van der Waals surface area contributed by atoms with Crippen molar-refractivity contribution in [3.8, 4) is 0 Å². The fourth-order valence-corrected chi connectivity index (χ4v) is 2.45. The quantitative estimate of drug-likeness (QED) is 0.913. The number of aromatic nitrogens is 1. The van der Waals surface area contributed by atoms with Crippen molar-refractivity contribution in [1.82, 2.24) is 10.3 Å². The molecule has 0 bridgehead atoms. The van der Waals surface area contributed by atoms with E-state index in [0.717, 1.165) is 17.7 Å². The Balaban J connectivity index is 1.84. The minimum absolute atomic E-state index is 0.0925. The molecule has 5 heteroatoms. The fraction of sp³-hybridized carbons (Fsp3) is 0.250. The summed E-state index contributed by atoms with van der Waals surface area (Å²) in [6.07, 6.45) is 2.76. The summed E-state index contributed by atoms with van der Waals surface area (Å²) in [5.41, 5.74) is 2.74. The van der Waals surface area contributed by atoms with E-state index in [0.29, 0.717) is 22.2 Å². The second-order valence-corrected chi connectivity index (χ2v) is 5.60. The first-order valence-electron chi connectivity index (χ1n) is 6.67. The van der Waals surface area contributed by atoms with E-state index in [1.807, 2.05) is 25.3 Å². The Kier molecular flexibility index (Phi) is 5.59. The topological polar surface area (TPSA) is 42.0 Å². The second-order valence-electron chi connectivity index (χ2n) is 4.78. The summed E-state index contributed by atoms with van der Waals surface area (Å²) in [7, 11) is 0. The highest BCUT2D eigenvalue weighted by Gasteiger charge is 2.10. The molecule has 1 amide bonds. The smallest absolute Gasteiger partial charge is 0.224 e. The normalized spacial score (nSPS) is 10.4. The minimum atomic E-state index is -0.0925. The molecule has 1 N–H and O–H groups in total. The molecule has 0 saturated carbocycles. The average Bonchev–Trinajstić information content (AvgIpc) is 2.45. The molecule has 0 fully saturated rings. The highest BCUT2D eigenvalue weighted by Crippen LogP contribution is 2.24. The summed E-state index contributed by atoms with van der Waals surface area (Å²) in [5.74, 6) is -0.0925. The van der Waals surface area contributed by atoms with Crippen LogP contribution in [0.3, 0.4) is 0 Å². The second kappa shape index (κ2) is 7.43. The Bertz CT molecular complexity index is 606. The molecule has 1 aromatic heterocycles. The van der Waals surface area contributed by atoms with Crippen molar-refractivity contribution >= 4 is 29.1 Å². The van der Waals surface area contributed by atoms with Crippen LogP contribution in [0, 0.1) is 6.92 Å². The van der Waals surface area contributed by atoms with Crippen molar-refractivity contribution in [2.45, 2.75) is 19.8 Å². The monoisotopic (exact) mass is 322 g/mol. The van der Waals surface area contributed by atoms with Gasteiger partial charge in [-0.1, -0.05) is 35.3 Å². The number of halogens is 2. The van der Waals surface area contributed by atoms with Gasteiger partial charge in [0.15, 0.2) is 0 Å². The van der Waals surface area contributed by atoms with Crippen LogP contribution >= 0.6 is 23.2 Å². The number of rotatable bonds is 5. The first kappa shape index (κ1) is 15.8. The van der Waals surface area contributed by atoms with Gasteiger partial charge in [0.25, 0.3) is 0 Å². The number of amides is 1. The molecule has 0 atom stereocenters. The Morgan fingerprint density at radius 3 is 2.52 bits per heavy atom. The zero-order chi connectivity index (χ0) is 15.2. The Labute approximate surface area is 134 Å². The van der Waals surface area contributed by atoms with Crippen LogP contribution in [0.15, 0.2) is 36.5 Å². The summed E-state index contributed by atoms with van der Waals surface area (Å²) in [6, 6.07) is 9.19. The van der Waals surface area contributed by atoms with Crippen LogP contribution in [-0.4, -0.2) is 17.4 Å². The highest BCUT2D eigenvalue weighted by molar-refractivity contribution is 6.36. The molecule has 0 aliphatic rings. The van der Waals surface area contributed by atoms with Gasteiger partial charge in [-0.2, -0.15) is 0 Å². The lowest BCUT2D eigenvalue weighted by Crippen LogP contribution is -2.27. The summed E-state index contributed by atoms with van der Waals surface area (Å²) in [5, 5.41) is 3.89. The van der Waals surface area contributed by atoms with Gasteiger partial charge in [0.2, 0.25) is 5.91 Å². The molecular weight excluding hydrogens is 307 g/mol. The number of nitrogens with one attached hydrogen (secondary N) is 1. The number of nitrogens with zero attached hydrogens (tertiary/aromatic N) is 1. The van der Waals surface area contributed by atoms with Crippen LogP contribution in [0.4, 0.5) is 0 Å². The Morgan fingerprint density at radius 2 is 1.90 bits per heavy atom. The van der Waals surface area contributed by atoms with E-state index in [1.165, 1.54) is 0 Å². The maximum absolute atomic E-state index is 11.9. The first-order chi connectivity index (χ1) is 10.1. The average molecular weight is 323 g/mol. The molecule has 2 aromatic rings. The van der Waals surface area contributed by atoms with Crippen molar-refractivity contribution in [1.29, 1.82) is 0 Å². The number of pyridine rings is 1. The van der Waals surface area contributed by atoms with Crippen molar-refractivity contribution in [3.05, 3.63) is 63.4 Å². The highest BCUT2D eigenvalue weighted by atomic mass is 35.5. The van der Waals surface area contributed by atoms with Crippen molar-refractivity contribution in [2.75, 3.05) is 6.54 Å². The molecule has 1 heterocycles. The molecule has 0 radical (unpaired) electrons. The third kappa shape index (κ3) is 4.73. The molecule has 1 aromatic carbocycles. The van der Waals surface area contributed by atoms with Gasteiger partial charge in [-0.05, 0) is 42.7 Å². The fourth-order valence-electron chi connectivity index (χ4n) is 1.92. The van der Waals surface area contributed by atoms with Crippen LogP contribution in [0.2, 0.25) is 10.0 Å². The van der Waals surface area contributed by atoms with Crippen LogP contribution in [0.5, 0.6) is 0 Å². The maximum Gasteiger partial charge on any atom is 0.224 e. The number of carbonyl (C=O) groups excluding carboxylic acids is 1. The van der Waals surface area contributed by atoms with Gasteiger partial charge >= 0.3 is 0 Å². The third-order valence-corrected chi connectivity index (χ3v) is 3.82. The zero-order valence-electron chi connectivity index (χ0n) is 11.7. The zero-order valence-corrected chi connectivity index (χ0v) is 13.2. The number of aryl methyl sites for hydroxylation is 1. The van der Waals surface area contributed by atoms with Gasteiger partial charge in [0.1, 0.15) is 0 Å². The lowest BCUT2D eigenvalue weighted by atomic mass is 10.1. The molecule has 0 spiro atoms. The number of carbonyl (C=O) groups is 1. The lowest BCUT2D eigenvalue weighted by molar-refractivity contribution is -0.120. The lowest BCUT2D eigenvalue weighted by Gasteiger charge is -2.08. The summed E-state index contributed by atoms with van der Waals surface area (Å²) >= 11 is 12.1. The molecule has 0 saturated heterocycles. The molecule has 21 heavy (non-hydrogen) atoms. The van der Waals surface area contributed by atoms with Crippen LogP contribution in [0.25, 0.3) is 0 Å². The van der Waals surface area contributed by atoms with E-state index in [4.69, 9.17) is 23.2 Å². The van der Waals surface area contributed by atoms with Gasteiger partial charge in [-0.15, -0.1) is 0 Å². The third-order valence-electron chi connectivity index (χ3n) is 3.11. The van der Waals surface area contributed by atoms with E-state index >= 15 is 0 Å². The van der Waals surface area contributed by atoms with Gasteiger partial charge in [0.05, 0.1) is 6.42 Å². The SMILES string of the molecule is Cc1ccc(CCNC(=O)Cc2c(Cl)cccc2Cl)cn1. The van der Waals surface area contributed by atoms with Crippen LogP contribution in [0.1, 0.15) is 16.8 Å². The predicted molar refractivity (Wildman–Crippen MR) is 85.9 cm³/mol. The number of hydrogen-bond donors (Lipinski definition) is 1. The molecule has 3 nitrogen and oxygen atoms in total. The first-order valence-corrected chi connectivity index (χ1v) is 7.43. The minimum Gasteiger partial charge on any atom is -0.355 e. The van der Waals surface area contributed by atoms with E-state index in [1.54, 1.807) is 18.2 Å². The van der Waals surface area contributed by atoms with E-state index in [-0.39, 0.29) is 12.3 Å². The van der Waals surface area contributed by atoms with Crippen LogP contribution in [-0.2, 0) is 17.6 Å². The van der Waals surface area contributed by atoms with Crippen LogP contribution < -0.4 is 5.32 Å². The van der Waals surface area contributed by atoms with Gasteiger partial charge in [0, 0.05) is 28.5 Å². The summed E-state index contributed by atoms with van der Waals surface area (Å²) < 4.78 is 0. The van der Waals surface area contributed by atoms with Gasteiger partial charge in [-0.25, -0.2) is 0 Å². The molecular formula is C16H16Cl2N2O. The number of hydrogen-bond acceptors (Lipinski definition) is 2. The predicted octanol–water partition coefficient (Wildman–Crippen LogP) is 3.60.